The number of amides is 1. The van der Waals surface area contributed by atoms with Crippen LogP contribution in [-0.4, -0.2) is 29.4 Å². The van der Waals surface area contributed by atoms with Gasteiger partial charge in [-0.2, -0.15) is 5.10 Å². The summed E-state index contributed by atoms with van der Waals surface area (Å²) in [4.78, 5) is 12.8. The second-order valence-corrected chi connectivity index (χ2v) is 6.58. The normalized spacial score (nSPS) is 10.6. The van der Waals surface area contributed by atoms with Crippen molar-refractivity contribution >= 4 is 11.7 Å². The van der Waals surface area contributed by atoms with E-state index in [1.54, 1.807) is 41.1 Å². The minimum absolute atomic E-state index is 0.313. The highest BCUT2D eigenvalue weighted by Crippen LogP contribution is 2.29. The molecule has 0 aliphatic carbocycles. The fourth-order valence-electron chi connectivity index (χ4n) is 2.81. The molecule has 2 aromatic carbocycles. The first-order chi connectivity index (χ1) is 14.0. The lowest BCUT2D eigenvalue weighted by molar-refractivity contribution is 0.102. The molecule has 0 aliphatic rings. The molecule has 0 fully saturated rings. The van der Waals surface area contributed by atoms with Gasteiger partial charge in [0.1, 0.15) is 11.6 Å². The van der Waals surface area contributed by atoms with Gasteiger partial charge in [0, 0.05) is 11.6 Å². The van der Waals surface area contributed by atoms with Gasteiger partial charge >= 0.3 is 0 Å². The number of aryl methyl sites for hydroxylation is 1. The summed E-state index contributed by atoms with van der Waals surface area (Å²) >= 11 is 0. The van der Waals surface area contributed by atoms with Gasteiger partial charge in [-0.05, 0) is 55.8 Å². The molecule has 29 heavy (non-hydrogen) atoms. The second kappa shape index (κ2) is 9.23. The quantitative estimate of drug-likeness (QED) is 0.557. The monoisotopic (exact) mass is 397 g/mol. The largest absolute Gasteiger partial charge is 0.493 e. The number of anilines is 1. The van der Waals surface area contributed by atoms with Crippen LogP contribution in [0.5, 0.6) is 11.5 Å². The van der Waals surface area contributed by atoms with Gasteiger partial charge in [-0.25, -0.2) is 9.07 Å². The number of ether oxygens (including phenoxy) is 2. The molecular formula is C22H24FN3O3. The molecule has 0 atom stereocenters. The Bertz CT molecular complexity index is 983. The summed E-state index contributed by atoms with van der Waals surface area (Å²) in [5.74, 6) is 0.936. The van der Waals surface area contributed by atoms with E-state index in [1.807, 2.05) is 6.92 Å². The van der Waals surface area contributed by atoms with Gasteiger partial charge in [-0.3, -0.25) is 4.79 Å². The summed E-state index contributed by atoms with van der Waals surface area (Å²) in [6.07, 6.45) is 1.97. The maximum atomic E-state index is 13.2. The van der Waals surface area contributed by atoms with E-state index in [0.29, 0.717) is 35.2 Å². The molecule has 0 saturated carbocycles. The first-order valence-electron chi connectivity index (χ1n) is 9.46. The first-order valence-corrected chi connectivity index (χ1v) is 9.46. The van der Waals surface area contributed by atoms with Crippen LogP contribution in [-0.2, 0) is 0 Å². The van der Waals surface area contributed by atoms with Crippen molar-refractivity contribution in [1.29, 1.82) is 0 Å². The molecule has 0 unspecified atom stereocenters. The number of unbranched alkanes of at least 4 members (excludes halogenated alkanes) is 1. The maximum absolute atomic E-state index is 13.2. The number of hydrogen-bond donors (Lipinski definition) is 1. The fourth-order valence-corrected chi connectivity index (χ4v) is 2.81. The Hall–Kier alpha value is -3.35. The smallest absolute Gasteiger partial charge is 0.256 e. The van der Waals surface area contributed by atoms with Gasteiger partial charge in [0.25, 0.3) is 5.91 Å². The number of nitrogens with one attached hydrogen (secondary N) is 1. The number of carbonyl (C=O) groups excluding carboxylic acids is 1. The molecule has 152 valence electrons. The second-order valence-electron chi connectivity index (χ2n) is 6.58. The Morgan fingerprint density at radius 3 is 2.59 bits per heavy atom. The average molecular weight is 397 g/mol. The lowest BCUT2D eigenvalue weighted by Crippen LogP contribution is -2.15. The van der Waals surface area contributed by atoms with Crippen molar-refractivity contribution in [3.8, 4) is 17.2 Å². The highest BCUT2D eigenvalue weighted by Gasteiger charge is 2.15. The number of nitrogens with zero attached hydrogens (tertiary/aromatic N) is 2. The predicted octanol–water partition coefficient (Wildman–Crippen LogP) is 4.76. The van der Waals surface area contributed by atoms with E-state index in [1.165, 1.54) is 19.2 Å². The van der Waals surface area contributed by atoms with Gasteiger partial charge in [-0.1, -0.05) is 13.3 Å². The molecule has 3 aromatic rings. The third kappa shape index (κ3) is 4.93. The average Bonchev–Trinajstić information content (AvgIpc) is 3.08. The van der Waals surface area contributed by atoms with Crippen molar-refractivity contribution in [2.75, 3.05) is 19.0 Å². The van der Waals surface area contributed by atoms with Crippen LogP contribution in [0.25, 0.3) is 5.69 Å². The van der Waals surface area contributed by atoms with E-state index >= 15 is 0 Å². The SMILES string of the molecule is CCCCOc1ccc(C(=O)Nc2cc(C)nn2-c2ccc(F)cc2)cc1OC. The summed E-state index contributed by atoms with van der Waals surface area (Å²) in [6.45, 7) is 4.50. The Morgan fingerprint density at radius 1 is 1.14 bits per heavy atom. The zero-order valence-corrected chi connectivity index (χ0v) is 16.7. The van der Waals surface area contributed by atoms with Crippen LogP contribution in [0, 0.1) is 12.7 Å². The van der Waals surface area contributed by atoms with Gasteiger partial charge in [0.15, 0.2) is 11.5 Å². The minimum Gasteiger partial charge on any atom is -0.493 e. The highest BCUT2D eigenvalue weighted by molar-refractivity contribution is 6.04. The Balaban J connectivity index is 1.81. The van der Waals surface area contributed by atoms with Crippen LogP contribution in [0.2, 0.25) is 0 Å². The first kappa shape index (κ1) is 20.4. The van der Waals surface area contributed by atoms with E-state index in [0.717, 1.165) is 18.5 Å². The molecule has 1 aromatic heterocycles. The summed E-state index contributed by atoms with van der Waals surface area (Å²) in [5.41, 5.74) is 1.79. The molecule has 0 bridgehead atoms. The summed E-state index contributed by atoms with van der Waals surface area (Å²) < 4.78 is 25.9. The minimum atomic E-state index is -0.337. The van der Waals surface area contributed by atoms with Crippen LogP contribution in [0.15, 0.2) is 48.5 Å². The van der Waals surface area contributed by atoms with Crippen molar-refractivity contribution < 1.29 is 18.7 Å². The van der Waals surface area contributed by atoms with E-state index in [4.69, 9.17) is 9.47 Å². The van der Waals surface area contributed by atoms with Crippen LogP contribution in [0.3, 0.4) is 0 Å². The molecule has 0 spiro atoms. The van der Waals surface area contributed by atoms with Crippen LogP contribution >= 0.6 is 0 Å². The Labute approximate surface area is 169 Å². The molecule has 0 radical (unpaired) electrons. The van der Waals surface area contributed by atoms with Gasteiger partial charge in [0.2, 0.25) is 0 Å². The van der Waals surface area contributed by atoms with Gasteiger partial charge in [0.05, 0.1) is 25.1 Å². The standard InChI is InChI=1S/C22H24FN3O3/c1-4-5-12-29-19-11-6-16(14-20(19)28-3)22(27)24-21-13-15(2)25-26(21)18-9-7-17(23)8-10-18/h6-11,13-14H,4-5,12H2,1-3H3,(H,24,27). The summed E-state index contributed by atoms with van der Waals surface area (Å²) in [6, 6.07) is 12.7. The molecule has 0 aliphatic heterocycles. The van der Waals surface area contributed by atoms with Crippen LogP contribution in [0.1, 0.15) is 35.8 Å². The highest BCUT2D eigenvalue weighted by atomic mass is 19.1. The molecule has 6 nitrogen and oxygen atoms in total. The molecular weight excluding hydrogens is 373 g/mol. The number of carbonyl (C=O) groups is 1. The number of rotatable bonds is 8. The van der Waals surface area contributed by atoms with Gasteiger partial charge in [-0.15, -0.1) is 0 Å². The lowest BCUT2D eigenvalue weighted by atomic mass is 10.2. The fraction of sp³-hybridized carbons (Fsp3) is 0.273. The Kier molecular flexibility index (Phi) is 6.49. The maximum Gasteiger partial charge on any atom is 0.256 e. The molecule has 1 N–H and O–H groups in total. The van der Waals surface area contributed by atoms with Crippen molar-refractivity contribution in [1.82, 2.24) is 9.78 Å². The third-order valence-corrected chi connectivity index (χ3v) is 4.33. The topological polar surface area (TPSA) is 65.4 Å². The van der Waals surface area contributed by atoms with Crippen molar-refractivity contribution in [2.45, 2.75) is 26.7 Å². The number of methoxy groups -OCH3 is 1. The molecule has 3 rings (SSSR count). The number of benzene rings is 2. The van der Waals surface area contributed by atoms with E-state index in [-0.39, 0.29) is 11.7 Å². The zero-order chi connectivity index (χ0) is 20.8. The Morgan fingerprint density at radius 2 is 1.90 bits per heavy atom. The van der Waals surface area contributed by atoms with Crippen LogP contribution < -0.4 is 14.8 Å². The zero-order valence-electron chi connectivity index (χ0n) is 16.7. The van der Waals surface area contributed by atoms with Crippen molar-refractivity contribution in [3.05, 3.63) is 65.6 Å². The summed E-state index contributed by atoms with van der Waals surface area (Å²) in [7, 11) is 1.54. The lowest BCUT2D eigenvalue weighted by Gasteiger charge is -2.13. The van der Waals surface area contributed by atoms with Gasteiger partial charge < -0.3 is 14.8 Å². The number of hydrogen-bond acceptors (Lipinski definition) is 4. The van der Waals surface area contributed by atoms with Crippen LogP contribution in [0.4, 0.5) is 10.2 Å². The predicted molar refractivity (Wildman–Crippen MR) is 110 cm³/mol. The number of halogens is 1. The molecule has 1 heterocycles. The van der Waals surface area contributed by atoms with Crippen molar-refractivity contribution in [3.63, 3.8) is 0 Å². The summed E-state index contributed by atoms with van der Waals surface area (Å²) in [5, 5.41) is 7.24. The van der Waals surface area contributed by atoms with E-state index < -0.39 is 0 Å². The van der Waals surface area contributed by atoms with E-state index in [2.05, 4.69) is 17.3 Å². The number of aromatic nitrogens is 2. The van der Waals surface area contributed by atoms with E-state index in [9.17, 15) is 9.18 Å². The molecule has 1 amide bonds. The third-order valence-electron chi connectivity index (χ3n) is 4.33. The molecule has 0 saturated heterocycles. The molecule has 7 heteroatoms. The van der Waals surface area contributed by atoms with Crippen molar-refractivity contribution in [2.24, 2.45) is 0 Å².